The van der Waals surface area contributed by atoms with Crippen LogP contribution >= 0.6 is 28.7 Å². The molecular weight excluding hydrogens is 435 g/mol. The Morgan fingerprint density at radius 3 is 1.92 bits per heavy atom. The molecular formula is C14H12BBrF2N3O4S. The van der Waals surface area contributed by atoms with Crippen LogP contribution in [0.25, 0.3) is 0 Å². The van der Waals surface area contributed by atoms with E-state index < -0.39 is 23.6 Å². The number of nitrogen functional groups attached to an aromatic ring is 2. The quantitative estimate of drug-likeness (QED) is 0.273. The Morgan fingerprint density at radius 1 is 1.04 bits per heavy atom. The van der Waals surface area contributed by atoms with Crippen molar-refractivity contribution in [3.05, 3.63) is 57.6 Å². The van der Waals surface area contributed by atoms with Crippen molar-refractivity contribution in [3.8, 4) is 0 Å². The van der Waals surface area contributed by atoms with Crippen LogP contribution in [0.2, 0.25) is 0 Å². The van der Waals surface area contributed by atoms with E-state index in [4.69, 9.17) is 21.7 Å². The first-order valence-corrected chi connectivity index (χ1v) is 7.54. The Bertz CT molecular complexity index is 827. The zero-order valence-electron chi connectivity index (χ0n) is 12.9. The molecule has 0 bridgehead atoms. The van der Waals surface area contributed by atoms with Crippen LogP contribution in [-0.2, 0) is 0 Å². The summed E-state index contributed by atoms with van der Waals surface area (Å²) in [6.07, 6.45) is 0. The molecule has 0 amide bonds. The summed E-state index contributed by atoms with van der Waals surface area (Å²) in [5.41, 5.74) is 10.3. The molecule has 0 heterocycles. The zero-order chi connectivity index (χ0) is 20.4. The number of halogens is 3. The van der Waals surface area contributed by atoms with E-state index in [1.165, 1.54) is 6.07 Å². The summed E-state index contributed by atoms with van der Waals surface area (Å²) in [6, 6.07) is 5.21. The summed E-state index contributed by atoms with van der Waals surface area (Å²) >= 11 is 6.13. The Morgan fingerprint density at radius 2 is 1.50 bits per heavy atom. The predicted octanol–water partition coefficient (Wildman–Crippen LogP) is 3.16. The van der Waals surface area contributed by atoms with Gasteiger partial charge in [0.1, 0.15) is 11.6 Å². The first-order chi connectivity index (χ1) is 12.0. The van der Waals surface area contributed by atoms with Crippen molar-refractivity contribution in [2.75, 3.05) is 11.5 Å². The number of aromatic carboxylic acids is 2. The Labute approximate surface area is 161 Å². The molecule has 2 aromatic carbocycles. The van der Waals surface area contributed by atoms with E-state index in [-0.39, 0.29) is 27.0 Å². The summed E-state index contributed by atoms with van der Waals surface area (Å²) in [4.78, 5) is 20.8. The SMILES string of the molecule is Nc1c(Br)cc(F)cc1C(=O)O.Nc1ccc(F)cc1C(=O)O.[B]=NS. The molecule has 2 aromatic rings. The molecule has 137 valence electrons. The van der Waals surface area contributed by atoms with Crippen LogP contribution in [0.1, 0.15) is 20.7 Å². The van der Waals surface area contributed by atoms with Crippen molar-refractivity contribution in [3.63, 3.8) is 0 Å². The molecule has 1 radical (unpaired) electrons. The average Bonchev–Trinajstić information content (AvgIpc) is 2.54. The number of anilines is 2. The van der Waals surface area contributed by atoms with Gasteiger partial charge in [0.2, 0.25) is 0 Å². The van der Waals surface area contributed by atoms with Crippen molar-refractivity contribution >= 4 is 59.7 Å². The molecule has 7 nitrogen and oxygen atoms in total. The second kappa shape index (κ2) is 11.2. The van der Waals surface area contributed by atoms with Gasteiger partial charge >= 0.3 is 36.7 Å². The maximum absolute atomic E-state index is 12.6. The number of nitrogens with zero attached hydrogens (tertiary/aromatic N) is 1. The van der Waals surface area contributed by atoms with Crippen LogP contribution in [0.4, 0.5) is 20.2 Å². The Balaban J connectivity index is 0.000000419. The fourth-order valence-electron chi connectivity index (χ4n) is 1.48. The molecule has 6 N–H and O–H groups in total. The third-order valence-corrected chi connectivity index (χ3v) is 3.23. The second-order valence-electron chi connectivity index (χ2n) is 4.31. The summed E-state index contributed by atoms with van der Waals surface area (Å²) in [5.74, 6) is -3.69. The molecule has 0 fully saturated rings. The Kier molecular flexibility index (Phi) is 10.1. The van der Waals surface area contributed by atoms with E-state index in [1.807, 2.05) is 0 Å². The zero-order valence-corrected chi connectivity index (χ0v) is 15.3. The summed E-state index contributed by atoms with van der Waals surface area (Å²) in [6.45, 7) is 0. The van der Waals surface area contributed by atoms with Gasteiger partial charge in [-0.25, -0.2) is 18.4 Å². The van der Waals surface area contributed by atoms with Gasteiger partial charge in [-0.05, 0) is 46.3 Å². The minimum atomic E-state index is -1.24. The molecule has 0 aromatic heterocycles. The predicted molar refractivity (Wildman–Crippen MR) is 100 cm³/mol. The van der Waals surface area contributed by atoms with Gasteiger partial charge in [-0.15, -0.1) is 0 Å². The van der Waals surface area contributed by atoms with Crippen LogP contribution in [0, 0.1) is 11.6 Å². The standard InChI is InChI=1S/C7H5BrFNO2.C7H6FNO2.BHNS/c8-5-2-3(9)1-4(6(5)10)7(11)12;8-4-1-2-6(9)5(3-4)7(10)11;1-2-3/h1-2H,10H2,(H,11,12);1-3H,9H2,(H,10,11);3H. The topological polar surface area (TPSA) is 139 Å². The van der Waals surface area contributed by atoms with E-state index in [0.29, 0.717) is 0 Å². The van der Waals surface area contributed by atoms with Crippen molar-refractivity contribution in [2.24, 2.45) is 4.30 Å². The van der Waals surface area contributed by atoms with E-state index in [9.17, 15) is 18.4 Å². The first-order valence-electron chi connectivity index (χ1n) is 6.35. The molecule has 0 saturated carbocycles. The second-order valence-corrected chi connectivity index (χ2v) is 5.39. The maximum atomic E-state index is 12.6. The minimum absolute atomic E-state index is 0.0314. The number of carboxylic acid groups (broad SMARTS) is 2. The summed E-state index contributed by atoms with van der Waals surface area (Å²) in [7, 11) is 4.34. The molecule has 0 unspecified atom stereocenters. The third-order valence-electron chi connectivity index (χ3n) is 2.57. The fourth-order valence-corrected chi connectivity index (χ4v) is 1.91. The Hall–Kier alpha value is -2.47. The van der Waals surface area contributed by atoms with Crippen LogP contribution in [0.3, 0.4) is 0 Å². The molecule has 0 saturated heterocycles. The van der Waals surface area contributed by atoms with Gasteiger partial charge in [-0.1, -0.05) is 0 Å². The molecule has 0 spiro atoms. The number of hydrogen-bond acceptors (Lipinski definition) is 6. The van der Waals surface area contributed by atoms with Gasteiger partial charge in [-0.2, -0.15) is 0 Å². The van der Waals surface area contributed by atoms with Crippen molar-refractivity contribution < 1.29 is 28.6 Å². The number of thiol groups is 1. The van der Waals surface area contributed by atoms with Crippen molar-refractivity contribution in [1.82, 2.24) is 0 Å². The van der Waals surface area contributed by atoms with Crippen LogP contribution in [0.15, 0.2) is 39.1 Å². The van der Waals surface area contributed by atoms with Crippen LogP contribution < -0.4 is 11.5 Å². The van der Waals surface area contributed by atoms with Gasteiger partial charge < -0.3 is 21.7 Å². The first kappa shape index (κ1) is 23.5. The van der Waals surface area contributed by atoms with E-state index in [2.05, 4.69) is 40.7 Å². The van der Waals surface area contributed by atoms with E-state index in [1.54, 1.807) is 0 Å². The molecule has 26 heavy (non-hydrogen) atoms. The van der Waals surface area contributed by atoms with Crippen molar-refractivity contribution in [1.29, 1.82) is 0 Å². The third kappa shape index (κ3) is 7.61. The van der Waals surface area contributed by atoms with Crippen LogP contribution in [-0.4, -0.2) is 29.8 Å². The number of carbonyl (C=O) groups is 2. The molecule has 2 rings (SSSR count). The number of nitrogens with two attached hydrogens (primary N) is 2. The molecule has 0 aliphatic rings. The summed E-state index contributed by atoms with van der Waals surface area (Å²) in [5, 5.41) is 17.0. The number of benzene rings is 2. The number of carboxylic acids is 2. The fraction of sp³-hybridized carbons (Fsp3) is 0. The molecule has 12 heteroatoms. The molecule has 0 atom stereocenters. The van der Waals surface area contributed by atoms with E-state index >= 15 is 0 Å². The van der Waals surface area contributed by atoms with Gasteiger partial charge in [0.15, 0.2) is 0 Å². The number of rotatable bonds is 2. The van der Waals surface area contributed by atoms with E-state index in [0.717, 1.165) is 24.3 Å². The van der Waals surface area contributed by atoms with Gasteiger partial charge in [0.05, 0.1) is 16.8 Å². The van der Waals surface area contributed by atoms with Gasteiger partial charge in [-0.3, -0.25) is 0 Å². The molecule has 0 aliphatic heterocycles. The van der Waals surface area contributed by atoms with Crippen LogP contribution in [0.5, 0.6) is 0 Å². The summed E-state index contributed by atoms with van der Waals surface area (Å²) < 4.78 is 28.0. The normalized spacial score (nSPS) is 9.04. The van der Waals surface area contributed by atoms with Gasteiger partial charge in [0, 0.05) is 10.2 Å². The monoisotopic (exact) mass is 446 g/mol. The average molecular weight is 447 g/mol. The number of hydrogen-bond donors (Lipinski definition) is 5. The van der Waals surface area contributed by atoms with Crippen molar-refractivity contribution in [2.45, 2.75) is 0 Å². The molecule has 0 aliphatic carbocycles. The van der Waals surface area contributed by atoms with Gasteiger partial charge in [0.25, 0.3) is 0 Å².